The molecule has 0 aliphatic carbocycles. The zero-order valence-electron chi connectivity index (χ0n) is 17.9. The Morgan fingerprint density at radius 3 is 2.27 bits per heavy atom. The van der Waals surface area contributed by atoms with Gasteiger partial charge in [0.1, 0.15) is 15.7 Å². The van der Waals surface area contributed by atoms with Gasteiger partial charge in [-0.25, -0.2) is 9.37 Å². The van der Waals surface area contributed by atoms with Crippen molar-refractivity contribution in [1.29, 1.82) is 0 Å². The second-order valence-corrected chi connectivity index (χ2v) is 8.23. The van der Waals surface area contributed by atoms with Gasteiger partial charge in [0.15, 0.2) is 0 Å². The van der Waals surface area contributed by atoms with Gasteiger partial charge < -0.3 is 10.2 Å². The fraction of sp³-hybridized carbons (Fsp3) is 0.261. The van der Waals surface area contributed by atoms with E-state index < -0.39 is 11.7 Å². The van der Waals surface area contributed by atoms with E-state index in [9.17, 15) is 27.2 Å². The Labute approximate surface area is 192 Å². The Kier molecular flexibility index (Phi) is 7.47. The molecule has 0 spiro atoms. The number of carbonyl (C=O) groups excluding carboxylic acids is 2. The summed E-state index contributed by atoms with van der Waals surface area (Å²) in [5.41, 5.74) is 0.860. The molecule has 2 aromatic carbocycles. The molecule has 0 saturated heterocycles. The lowest BCUT2D eigenvalue weighted by molar-refractivity contribution is -0.137. The Morgan fingerprint density at radius 1 is 1.06 bits per heavy atom. The molecule has 0 aliphatic heterocycles. The minimum absolute atomic E-state index is 0.177. The molecule has 2 amide bonds. The van der Waals surface area contributed by atoms with Crippen LogP contribution in [-0.4, -0.2) is 34.8 Å². The number of alkyl halides is 3. The van der Waals surface area contributed by atoms with Crippen molar-refractivity contribution < 1.29 is 27.2 Å². The van der Waals surface area contributed by atoms with Crippen LogP contribution in [0.5, 0.6) is 0 Å². The third-order valence-electron chi connectivity index (χ3n) is 4.86. The van der Waals surface area contributed by atoms with E-state index in [2.05, 4.69) is 10.3 Å². The van der Waals surface area contributed by atoms with Crippen LogP contribution < -0.4 is 5.32 Å². The molecule has 33 heavy (non-hydrogen) atoms. The number of hydrogen-bond donors (Lipinski definition) is 1. The molecule has 0 radical (unpaired) electrons. The van der Waals surface area contributed by atoms with Crippen molar-refractivity contribution in [2.75, 3.05) is 13.1 Å². The predicted molar refractivity (Wildman–Crippen MR) is 117 cm³/mol. The lowest BCUT2D eigenvalue weighted by atomic mass is 10.1. The lowest BCUT2D eigenvalue weighted by Gasteiger charge is -2.19. The third-order valence-corrected chi connectivity index (χ3v) is 6.05. The molecule has 1 heterocycles. The zero-order chi connectivity index (χ0) is 24.2. The van der Waals surface area contributed by atoms with E-state index >= 15 is 0 Å². The number of rotatable bonds is 7. The first kappa shape index (κ1) is 24.4. The summed E-state index contributed by atoms with van der Waals surface area (Å²) in [4.78, 5) is 31.3. The minimum Gasteiger partial charge on any atom is -0.350 e. The van der Waals surface area contributed by atoms with Crippen molar-refractivity contribution in [3.05, 3.63) is 76.0 Å². The van der Waals surface area contributed by atoms with Crippen LogP contribution in [0.3, 0.4) is 0 Å². The molecule has 0 aliphatic rings. The van der Waals surface area contributed by atoms with Gasteiger partial charge in [0.25, 0.3) is 5.91 Å². The van der Waals surface area contributed by atoms with Crippen LogP contribution in [0.1, 0.15) is 33.4 Å². The van der Waals surface area contributed by atoms with E-state index in [0.717, 1.165) is 29.0 Å². The van der Waals surface area contributed by atoms with E-state index in [1.165, 1.54) is 29.2 Å². The summed E-state index contributed by atoms with van der Waals surface area (Å²) in [5, 5.41) is 3.11. The van der Waals surface area contributed by atoms with Gasteiger partial charge in [-0.2, -0.15) is 13.2 Å². The zero-order valence-corrected chi connectivity index (χ0v) is 18.7. The van der Waals surface area contributed by atoms with Crippen LogP contribution >= 0.6 is 11.3 Å². The van der Waals surface area contributed by atoms with Crippen LogP contribution in [0, 0.1) is 12.7 Å². The Hall–Kier alpha value is -3.27. The van der Waals surface area contributed by atoms with Crippen molar-refractivity contribution in [3.8, 4) is 10.6 Å². The number of nitrogens with zero attached hydrogens (tertiary/aromatic N) is 2. The molecule has 0 atom stereocenters. The van der Waals surface area contributed by atoms with Crippen LogP contribution in [0.25, 0.3) is 10.6 Å². The molecule has 0 fully saturated rings. The lowest BCUT2D eigenvalue weighted by Crippen LogP contribution is -2.40. The number of carbonyl (C=O) groups is 2. The standard InChI is InChI=1S/C23H21F4N3O2S/c1-3-30(13-19(31)28-12-15-4-10-18(24)11-5-15)22(32)20-14(2)29-21(33-20)16-6-8-17(9-7-16)23(25,26)27/h4-11H,3,12-13H2,1-2H3,(H,28,31). The number of hydrogen-bond acceptors (Lipinski definition) is 4. The molecular weight excluding hydrogens is 458 g/mol. The van der Waals surface area contributed by atoms with Gasteiger partial charge in [0.2, 0.25) is 5.91 Å². The maximum atomic E-state index is 13.0. The fourth-order valence-corrected chi connectivity index (χ4v) is 4.06. The molecule has 0 unspecified atom stereocenters. The highest BCUT2D eigenvalue weighted by Crippen LogP contribution is 2.33. The predicted octanol–water partition coefficient (Wildman–Crippen LogP) is 5.05. The van der Waals surface area contributed by atoms with E-state index in [1.54, 1.807) is 26.0 Å². The third kappa shape index (κ3) is 6.16. The molecular formula is C23H21F4N3O2S. The molecule has 0 bridgehead atoms. The Morgan fingerprint density at radius 2 is 1.70 bits per heavy atom. The summed E-state index contributed by atoms with van der Waals surface area (Å²) >= 11 is 1.07. The van der Waals surface area contributed by atoms with E-state index in [0.29, 0.717) is 21.1 Å². The van der Waals surface area contributed by atoms with Crippen molar-refractivity contribution in [2.45, 2.75) is 26.6 Å². The first-order valence-electron chi connectivity index (χ1n) is 10.0. The minimum atomic E-state index is -4.43. The smallest absolute Gasteiger partial charge is 0.350 e. The topological polar surface area (TPSA) is 62.3 Å². The monoisotopic (exact) mass is 479 g/mol. The molecule has 10 heteroatoms. The number of benzene rings is 2. The van der Waals surface area contributed by atoms with Gasteiger partial charge >= 0.3 is 6.18 Å². The Bertz CT molecular complexity index is 1130. The molecule has 1 aromatic heterocycles. The summed E-state index contributed by atoms with van der Waals surface area (Å²) in [7, 11) is 0. The summed E-state index contributed by atoms with van der Waals surface area (Å²) in [6, 6.07) is 10.3. The van der Waals surface area contributed by atoms with Gasteiger partial charge in [-0.15, -0.1) is 11.3 Å². The molecule has 0 saturated carbocycles. The van der Waals surface area contributed by atoms with E-state index in [-0.39, 0.29) is 37.3 Å². The molecule has 1 N–H and O–H groups in total. The van der Waals surface area contributed by atoms with Gasteiger partial charge in [-0.1, -0.05) is 24.3 Å². The SMILES string of the molecule is CCN(CC(=O)NCc1ccc(F)cc1)C(=O)c1sc(-c2ccc(C(F)(F)F)cc2)nc1C. The first-order valence-corrected chi connectivity index (χ1v) is 10.9. The summed E-state index contributed by atoms with van der Waals surface area (Å²) in [5.74, 6) is -1.13. The van der Waals surface area contributed by atoms with Crippen molar-refractivity contribution in [3.63, 3.8) is 0 Å². The molecule has 5 nitrogen and oxygen atoms in total. The van der Waals surface area contributed by atoms with Crippen LogP contribution in [0.4, 0.5) is 17.6 Å². The molecule has 3 aromatic rings. The maximum Gasteiger partial charge on any atom is 0.416 e. The number of thiazole rings is 1. The highest BCUT2D eigenvalue weighted by Gasteiger charge is 2.30. The quantitative estimate of drug-likeness (QED) is 0.482. The molecule has 3 rings (SSSR count). The number of amides is 2. The van der Waals surface area contributed by atoms with E-state index in [1.807, 2.05) is 0 Å². The average Bonchev–Trinajstić information content (AvgIpc) is 3.17. The number of halogens is 4. The summed E-state index contributed by atoms with van der Waals surface area (Å²) in [6.45, 7) is 3.67. The first-order chi connectivity index (χ1) is 15.6. The second kappa shape index (κ2) is 10.1. The van der Waals surface area contributed by atoms with Crippen molar-refractivity contribution in [2.24, 2.45) is 0 Å². The van der Waals surface area contributed by atoms with Crippen LogP contribution in [0.15, 0.2) is 48.5 Å². The fourth-order valence-electron chi connectivity index (χ4n) is 3.02. The number of aromatic nitrogens is 1. The van der Waals surface area contributed by atoms with Crippen LogP contribution in [0.2, 0.25) is 0 Å². The number of likely N-dealkylation sites (N-methyl/N-ethyl adjacent to an activating group) is 1. The van der Waals surface area contributed by atoms with Gasteiger partial charge in [0.05, 0.1) is 17.8 Å². The maximum absolute atomic E-state index is 13.0. The normalized spacial score (nSPS) is 11.3. The summed E-state index contributed by atoms with van der Waals surface area (Å²) in [6.07, 6.45) is -4.43. The largest absolute Gasteiger partial charge is 0.416 e. The van der Waals surface area contributed by atoms with Crippen LogP contribution in [-0.2, 0) is 17.5 Å². The number of aryl methyl sites for hydroxylation is 1. The van der Waals surface area contributed by atoms with Crippen molar-refractivity contribution >= 4 is 23.2 Å². The molecule has 174 valence electrons. The summed E-state index contributed by atoms with van der Waals surface area (Å²) < 4.78 is 51.3. The Balaban J connectivity index is 1.67. The highest BCUT2D eigenvalue weighted by atomic mass is 32.1. The average molecular weight is 479 g/mol. The van der Waals surface area contributed by atoms with Gasteiger partial charge in [0, 0.05) is 18.7 Å². The van der Waals surface area contributed by atoms with Gasteiger partial charge in [-0.3, -0.25) is 9.59 Å². The van der Waals surface area contributed by atoms with Gasteiger partial charge in [-0.05, 0) is 43.7 Å². The van der Waals surface area contributed by atoms with Crippen molar-refractivity contribution in [1.82, 2.24) is 15.2 Å². The second-order valence-electron chi connectivity index (χ2n) is 7.23. The van der Waals surface area contributed by atoms with E-state index in [4.69, 9.17) is 0 Å². The highest BCUT2D eigenvalue weighted by molar-refractivity contribution is 7.17. The number of nitrogens with one attached hydrogen (secondary N) is 1.